The number of aromatic nitrogens is 1. The predicted molar refractivity (Wildman–Crippen MR) is 95.9 cm³/mol. The van der Waals surface area contributed by atoms with Gasteiger partial charge in [-0.25, -0.2) is 4.98 Å². The molecule has 2 aromatic rings. The number of nitrogens with zero attached hydrogens (tertiary/aromatic N) is 1. The first-order valence-electron chi connectivity index (χ1n) is 8.22. The summed E-state index contributed by atoms with van der Waals surface area (Å²) >= 11 is 0. The predicted octanol–water partition coefficient (Wildman–Crippen LogP) is 3.61. The molecule has 2 rings (SSSR count). The molecule has 1 amide bonds. The molecule has 0 spiro atoms. The summed E-state index contributed by atoms with van der Waals surface area (Å²) in [6.45, 7) is 2.16. The summed E-state index contributed by atoms with van der Waals surface area (Å²) in [5.41, 5.74) is 7.95. The number of hydrogen-bond donors (Lipinski definition) is 2. The first-order valence-corrected chi connectivity index (χ1v) is 8.22. The Hall–Kier alpha value is -2.69. The Labute approximate surface area is 142 Å². The van der Waals surface area contributed by atoms with E-state index >= 15 is 0 Å². The van der Waals surface area contributed by atoms with Crippen LogP contribution in [0.1, 0.15) is 48.5 Å². The van der Waals surface area contributed by atoms with Crippen LogP contribution in [0.25, 0.3) is 0 Å². The zero-order valence-corrected chi connectivity index (χ0v) is 13.9. The Morgan fingerprint density at radius 1 is 1.08 bits per heavy atom. The zero-order valence-electron chi connectivity index (χ0n) is 13.9. The number of carbonyl (C=O) groups excluding carboxylic acids is 2. The van der Waals surface area contributed by atoms with Crippen molar-refractivity contribution in [3.05, 3.63) is 53.7 Å². The van der Waals surface area contributed by atoms with Gasteiger partial charge >= 0.3 is 0 Å². The molecular weight excluding hydrogens is 302 g/mol. The Balaban J connectivity index is 1.81. The maximum absolute atomic E-state index is 12.2. The number of ketones is 1. The number of nitrogens with one attached hydrogen (secondary N) is 1. The van der Waals surface area contributed by atoms with E-state index in [0.29, 0.717) is 17.1 Å². The number of anilines is 2. The summed E-state index contributed by atoms with van der Waals surface area (Å²) in [5, 5.41) is 2.70. The van der Waals surface area contributed by atoms with Gasteiger partial charge in [-0.1, -0.05) is 37.6 Å². The molecule has 0 unspecified atom stereocenters. The van der Waals surface area contributed by atoms with E-state index < -0.39 is 0 Å². The zero-order chi connectivity index (χ0) is 17.4. The topological polar surface area (TPSA) is 85.1 Å². The fourth-order valence-corrected chi connectivity index (χ4v) is 2.31. The number of nitrogen functional groups attached to an aromatic ring is 1. The van der Waals surface area contributed by atoms with E-state index in [2.05, 4.69) is 17.2 Å². The van der Waals surface area contributed by atoms with E-state index in [4.69, 9.17) is 5.73 Å². The number of pyridine rings is 1. The minimum atomic E-state index is -0.213. The summed E-state index contributed by atoms with van der Waals surface area (Å²) in [6.07, 6.45) is 5.14. The van der Waals surface area contributed by atoms with Crippen LogP contribution < -0.4 is 11.1 Å². The van der Waals surface area contributed by atoms with Gasteiger partial charge in [0.1, 0.15) is 5.82 Å². The minimum absolute atomic E-state index is 0.0253. The molecule has 24 heavy (non-hydrogen) atoms. The molecule has 0 radical (unpaired) electrons. The van der Waals surface area contributed by atoms with Crippen LogP contribution in [0.2, 0.25) is 0 Å². The smallest absolute Gasteiger partial charge is 0.224 e. The SMILES string of the molecule is CCCCc1ccc(C(=O)CCC(=O)Nc2ccc(N)nc2)cc1. The third kappa shape index (κ3) is 5.50. The number of unbranched alkanes of at least 4 members (excludes halogenated alkanes) is 1. The highest BCUT2D eigenvalue weighted by Crippen LogP contribution is 2.12. The van der Waals surface area contributed by atoms with Crippen molar-refractivity contribution in [2.75, 3.05) is 11.1 Å². The molecule has 0 aliphatic rings. The number of amides is 1. The van der Waals surface area contributed by atoms with Crippen molar-refractivity contribution >= 4 is 23.2 Å². The number of rotatable bonds is 8. The van der Waals surface area contributed by atoms with Crippen LogP contribution in [0, 0.1) is 0 Å². The molecule has 0 fully saturated rings. The Morgan fingerprint density at radius 3 is 2.46 bits per heavy atom. The van der Waals surface area contributed by atoms with Gasteiger partial charge in [-0.2, -0.15) is 0 Å². The van der Waals surface area contributed by atoms with Gasteiger partial charge in [0.15, 0.2) is 5.78 Å². The summed E-state index contributed by atoms with van der Waals surface area (Å²) in [4.78, 5) is 27.9. The van der Waals surface area contributed by atoms with Crippen molar-refractivity contribution in [3.63, 3.8) is 0 Å². The van der Waals surface area contributed by atoms with Gasteiger partial charge in [-0.3, -0.25) is 9.59 Å². The summed E-state index contributed by atoms with van der Waals surface area (Å²) < 4.78 is 0. The molecule has 1 heterocycles. The fraction of sp³-hybridized carbons (Fsp3) is 0.316. The van der Waals surface area contributed by atoms with Crippen molar-refractivity contribution in [2.45, 2.75) is 39.0 Å². The molecule has 0 atom stereocenters. The summed E-state index contributed by atoms with van der Waals surface area (Å²) in [5.74, 6) is 0.155. The van der Waals surface area contributed by atoms with Crippen molar-refractivity contribution < 1.29 is 9.59 Å². The Kier molecular flexibility index (Phi) is 6.49. The minimum Gasteiger partial charge on any atom is -0.384 e. The second-order valence-corrected chi connectivity index (χ2v) is 5.74. The summed E-state index contributed by atoms with van der Waals surface area (Å²) in [7, 11) is 0. The normalized spacial score (nSPS) is 10.4. The molecule has 1 aromatic carbocycles. The average molecular weight is 325 g/mol. The lowest BCUT2D eigenvalue weighted by molar-refractivity contribution is -0.116. The van der Waals surface area contributed by atoms with E-state index in [0.717, 1.165) is 19.3 Å². The second kappa shape index (κ2) is 8.82. The van der Waals surface area contributed by atoms with Crippen LogP contribution >= 0.6 is 0 Å². The van der Waals surface area contributed by atoms with Gasteiger partial charge < -0.3 is 11.1 Å². The first-order chi connectivity index (χ1) is 11.6. The molecule has 5 heteroatoms. The third-order valence-electron chi connectivity index (χ3n) is 3.74. The fourth-order valence-electron chi connectivity index (χ4n) is 2.31. The van der Waals surface area contributed by atoms with Crippen LogP contribution in [0.5, 0.6) is 0 Å². The monoisotopic (exact) mass is 325 g/mol. The lowest BCUT2D eigenvalue weighted by Crippen LogP contribution is -2.13. The molecule has 126 valence electrons. The Morgan fingerprint density at radius 2 is 1.83 bits per heavy atom. The van der Waals surface area contributed by atoms with Crippen LogP contribution in [-0.2, 0) is 11.2 Å². The van der Waals surface area contributed by atoms with Crippen molar-refractivity contribution in [3.8, 4) is 0 Å². The van der Waals surface area contributed by atoms with Gasteiger partial charge in [0, 0.05) is 18.4 Å². The van der Waals surface area contributed by atoms with E-state index in [1.807, 2.05) is 24.3 Å². The average Bonchev–Trinajstić information content (AvgIpc) is 2.60. The van der Waals surface area contributed by atoms with Gasteiger partial charge in [0.25, 0.3) is 0 Å². The highest BCUT2D eigenvalue weighted by molar-refractivity contribution is 6.00. The lowest BCUT2D eigenvalue weighted by Gasteiger charge is -2.06. The molecule has 3 N–H and O–H groups in total. The molecule has 0 aliphatic heterocycles. The van der Waals surface area contributed by atoms with E-state index in [1.54, 1.807) is 12.1 Å². The van der Waals surface area contributed by atoms with Gasteiger partial charge in [-0.05, 0) is 30.5 Å². The number of hydrogen-bond acceptors (Lipinski definition) is 4. The van der Waals surface area contributed by atoms with Gasteiger partial charge in [-0.15, -0.1) is 0 Å². The standard InChI is InChI=1S/C19H23N3O2/c1-2-3-4-14-5-7-15(8-6-14)17(23)10-12-19(24)22-16-9-11-18(20)21-13-16/h5-9,11,13H,2-4,10,12H2,1H3,(H2,20,21)(H,22,24). The maximum atomic E-state index is 12.2. The van der Waals surface area contributed by atoms with E-state index in [-0.39, 0.29) is 24.5 Å². The molecule has 0 saturated heterocycles. The molecule has 0 aliphatic carbocycles. The number of aryl methyl sites for hydroxylation is 1. The molecule has 5 nitrogen and oxygen atoms in total. The number of benzene rings is 1. The van der Waals surface area contributed by atoms with Crippen LogP contribution in [0.4, 0.5) is 11.5 Å². The second-order valence-electron chi connectivity index (χ2n) is 5.74. The molecule has 0 bridgehead atoms. The molecule has 1 aromatic heterocycles. The molecular formula is C19H23N3O2. The van der Waals surface area contributed by atoms with Crippen LogP contribution in [-0.4, -0.2) is 16.7 Å². The highest BCUT2D eigenvalue weighted by atomic mass is 16.2. The quantitative estimate of drug-likeness (QED) is 0.726. The number of Topliss-reactive ketones (excluding diaryl/α,β-unsaturated/α-hetero) is 1. The van der Waals surface area contributed by atoms with Crippen molar-refractivity contribution in [1.82, 2.24) is 4.98 Å². The van der Waals surface area contributed by atoms with Crippen LogP contribution in [0.15, 0.2) is 42.6 Å². The number of carbonyl (C=O) groups is 2. The number of nitrogens with two attached hydrogens (primary N) is 1. The highest BCUT2D eigenvalue weighted by Gasteiger charge is 2.10. The lowest BCUT2D eigenvalue weighted by atomic mass is 10.0. The largest absolute Gasteiger partial charge is 0.384 e. The van der Waals surface area contributed by atoms with Crippen molar-refractivity contribution in [1.29, 1.82) is 0 Å². The Bertz CT molecular complexity index is 679. The van der Waals surface area contributed by atoms with Crippen molar-refractivity contribution in [2.24, 2.45) is 0 Å². The maximum Gasteiger partial charge on any atom is 0.224 e. The third-order valence-corrected chi connectivity index (χ3v) is 3.74. The van der Waals surface area contributed by atoms with E-state index in [1.165, 1.54) is 11.8 Å². The van der Waals surface area contributed by atoms with Gasteiger partial charge in [0.2, 0.25) is 5.91 Å². The van der Waals surface area contributed by atoms with E-state index in [9.17, 15) is 9.59 Å². The summed E-state index contributed by atoms with van der Waals surface area (Å²) in [6, 6.07) is 11.0. The first kappa shape index (κ1) is 17.7. The molecule has 0 saturated carbocycles. The van der Waals surface area contributed by atoms with Crippen LogP contribution in [0.3, 0.4) is 0 Å². The van der Waals surface area contributed by atoms with Gasteiger partial charge in [0.05, 0.1) is 11.9 Å².